The Hall–Kier alpha value is -3.37. The molecule has 1 amide bonds. The summed E-state index contributed by atoms with van der Waals surface area (Å²) >= 11 is 0. The molecule has 1 aliphatic heterocycles. The third kappa shape index (κ3) is 4.31. The number of rotatable bonds is 5. The molecule has 0 unspecified atom stereocenters. The highest BCUT2D eigenvalue weighted by Crippen LogP contribution is 2.30. The molecule has 4 aromatic rings. The summed E-state index contributed by atoms with van der Waals surface area (Å²) in [5, 5.41) is 1.05. The fourth-order valence-electron chi connectivity index (χ4n) is 4.91. The van der Waals surface area contributed by atoms with Crippen LogP contribution in [-0.4, -0.2) is 41.9 Å². The monoisotopic (exact) mass is 438 g/mol. The van der Waals surface area contributed by atoms with Crippen molar-refractivity contribution in [2.24, 2.45) is 0 Å². The summed E-state index contributed by atoms with van der Waals surface area (Å²) < 4.78 is 5.82. The SMILES string of the molecule is Cc1ccc2c(CC(=O)N3CCN(C(c4ccccc4)c4ccccc4)CC3)coc2c1C. The number of fused-ring (bicyclic) bond motifs is 1. The van der Waals surface area contributed by atoms with Crippen LogP contribution >= 0.6 is 0 Å². The molecule has 4 nitrogen and oxygen atoms in total. The van der Waals surface area contributed by atoms with E-state index in [0.717, 1.165) is 48.3 Å². The lowest BCUT2D eigenvalue weighted by Gasteiger charge is -2.39. The number of nitrogens with zero attached hydrogens (tertiary/aromatic N) is 2. The minimum absolute atomic E-state index is 0.173. The van der Waals surface area contributed by atoms with Gasteiger partial charge in [-0.15, -0.1) is 0 Å². The lowest BCUT2D eigenvalue weighted by atomic mass is 9.96. The van der Waals surface area contributed by atoms with E-state index in [4.69, 9.17) is 4.42 Å². The molecule has 2 heterocycles. The average Bonchev–Trinajstić information content (AvgIpc) is 3.26. The van der Waals surface area contributed by atoms with Gasteiger partial charge in [0.2, 0.25) is 5.91 Å². The molecule has 33 heavy (non-hydrogen) atoms. The zero-order valence-corrected chi connectivity index (χ0v) is 19.3. The Balaban J connectivity index is 1.29. The molecule has 1 fully saturated rings. The Morgan fingerprint density at radius 2 is 1.45 bits per heavy atom. The van der Waals surface area contributed by atoms with Crippen LogP contribution in [0.4, 0.5) is 0 Å². The Kier molecular flexibility index (Phi) is 6.01. The molecule has 1 aromatic heterocycles. The first-order valence-electron chi connectivity index (χ1n) is 11.7. The van der Waals surface area contributed by atoms with Crippen LogP contribution < -0.4 is 0 Å². The molecule has 168 valence electrons. The van der Waals surface area contributed by atoms with Gasteiger partial charge in [0.05, 0.1) is 18.7 Å². The van der Waals surface area contributed by atoms with Gasteiger partial charge in [0.1, 0.15) is 5.58 Å². The van der Waals surface area contributed by atoms with E-state index in [-0.39, 0.29) is 11.9 Å². The standard InChI is InChI=1S/C29H30N2O2/c1-21-13-14-26-25(20-33-29(26)22(21)2)19-27(32)30-15-17-31(18-16-30)28(23-9-5-3-6-10-23)24-11-7-4-8-12-24/h3-14,20,28H,15-19H2,1-2H3. The van der Waals surface area contributed by atoms with Crippen LogP contribution in [0.2, 0.25) is 0 Å². The lowest BCUT2D eigenvalue weighted by molar-refractivity contribution is -0.132. The second kappa shape index (κ2) is 9.24. The molecule has 1 saturated heterocycles. The van der Waals surface area contributed by atoms with Gasteiger partial charge >= 0.3 is 0 Å². The molecule has 0 radical (unpaired) electrons. The summed E-state index contributed by atoms with van der Waals surface area (Å²) in [7, 11) is 0. The smallest absolute Gasteiger partial charge is 0.227 e. The summed E-state index contributed by atoms with van der Waals surface area (Å²) in [6, 6.07) is 25.7. The van der Waals surface area contributed by atoms with Crippen molar-refractivity contribution in [3.63, 3.8) is 0 Å². The van der Waals surface area contributed by atoms with Crippen LogP contribution in [0.5, 0.6) is 0 Å². The van der Waals surface area contributed by atoms with Crippen molar-refractivity contribution in [2.75, 3.05) is 26.2 Å². The first-order valence-corrected chi connectivity index (χ1v) is 11.7. The Morgan fingerprint density at radius 3 is 2.06 bits per heavy atom. The van der Waals surface area contributed by atoms with Gasteiger partial charge in [-0.3, -0.25) is 9.69 Å². The molecule has 1 aliphatic rings. The van der Waals surface area contributed by atoms with Crippen LogP contribution in [0.3, 0.4) is 0 Å². The fraction of sp³-hybridized carbons (Fsp3) is 0.276. The summed E-state index contributed by atoms with van der Waals surface area (Å²) in [6.07, 6.45) is 2.14. The molecule has 0 saturated carbocycles. The number of benzene rings is 3. The minimum Gasteiger partial charge on any atom is -0.464 e. The zero-order chi connectivity index (χ0) is 22.8. The third-order valence-corrected chi connectivity index (χ3v) is 6.95. The van der Waals surface area contributed by atoms with Crippen molar-refractivity contribution in [2.45, 2.75) is 26.3 Å². The van der Waals surface area contributed by atoms with E-state index in [1.807, 2.05) is 4.90 Å². The molecular weight excluding hydrogens is 408 g/mol. The van der Waals surface area contributed by atoms with Gasteiger partial charge in [-0.2, -0.15) is 0 Å². The van der Waals surface area contributed by atoms with E-state index in [2.05, 4.69) is 91.5 Å². The van der Waals surface area contributed by atoms with Gasteiger partial charge in [-0.25, -0.2) is 0 Å². The normalized spacial score (nSPS) is 14.8. The van der Waals surface area contributed by atoms with Gasteiger partial charge in [0.25, 0.3) is 0 Å². The van der Waals surface area contributed by atoms with Crippen LogP contribution in [0.15, 0.2) is 83.5 Å². The van der Waals surface area contributed by atoms with E-state index < -0.39 is 0 Å². The van der Waals surface area contributed by atoms with Crippen molar-refractivity contribution in [3.05, 3.63) is 107 Å². The van der Waals surface area contributed by atoms with Gasteiger partial charge in [0, 0.05) is 37.1 Å². The van der Waals surface area contributed by atoms with Gasteiger partial charge in [0.15, 0.2) is 0 Å². The van der Waals surface area contributed by atoms with Crippen molar-refractivity contribution in [3.8, 4) is 0 Å². The van der Waals surface area contributed by atoms with Gasteiger partial charge in [-0.05, 0) is 36.1 Å². The van der Waals surface area contributed by atoms with Gasteiger partial charge in [-0.1, -0.05) is 72.8 Å². The van der Waals surface area contributed by atoms with Crippen LogP contribution in [-0.2, 0) is 11.2 Å². The lowest BCUT2D eigenvalue weighted by Crippen LogP contribution is -2.50. The largest absolute Gasteiger partial charge is 0.464 e. The molecule has 0 N–H and O–H groups in total. The highest BCUT2D eigenvalue weighted by Gasteiger charge is 2.28. The molecule has 3 aromatic carbocycles. The quantitative estimate of drug-likeness (QED) is 0.411. The Bertz CT molecular complexity index is 1200. The minimum atomic E-state index is 0.173. The highest BCUT2D eigenvalue weighted by atomic mass is 16.3. The number of carbonyl (C=O) groups is 1. The number of amides is 1. The molecule has 0 bridgehead atoms. The second-order valence-electron chi connectivity index (χ2n) is 8.96. The molecule has 5 rings (SSSR count). The summed E-state index contributed by atoms with van der Waals surface area (Å²) in [4.78, 5) is 17.6. The van der Waals surface area contributed by atoms with Crippen molar-refractivity contribution < 1.29 is 9.21 Å². The van der Waals surface area contributed by atoms with E-state index in [1.54, 1.807) is 6.26 Å². The van der Waals surface area contributed by atoms with Crippen molar-refractivity contribution in [1.29, 1.82) is 0 Å². The van der Waals surface area contributed by atoms with Crippen LogP contribution in [0.1, 0.15) is 33.9 Å². The number of furan rings is 1. The van der Waals surface area contributed by atoms with Gasteiger partial charge < -0.3 is 9.32 Å². The van der Waals surface area contributed by atoms with E-state index in [0.29, 0.717) is 6.42 Å². The molecule has 0 spiro atoms. The average molecular weight is 439 g/mol. The maximum atomic E-state index is 13.1. The molecule has 0 aliphatic carbocycles. The number of hydrogen-bond acceptors (Lipinski definition) is 3. The van der Waals surface area contributed by atoms with Crippen molar-refractivity contribution in [1.82, 2.24) is 9.80 Å². The number of aryl methyl sites for hydroxylation is 2. The molecule has 4 heteroatoms. The first-order chi connectivity index (χ1) is 16.1. The summed E-state index contributed by atoms with van der Waals surface area (Å²) in [5.74, 6) is 0.173. The zero-order valence-electron chi connectivity index (χ0n) is 19.3. The summed E-state index contributed by atoms with van der Waals surface area (Å²) in [5.41, 5.74) is 6.81. The number of piperazine rings is 1. The number of carbonyl (C=O) groups excluding carboxylic acids is 1. The van der Waals surface area contributed by atoms with E-state index >= 15 is 0 Å². The maximum absolute atomic E-state index is 13.1. The predicted molar refractivity (Wildman–Crippen MR) is 132 cm³/mol. The fourth-order valence-corrected chi connectivity index (χ4v) is 4.91. The predicted octanol–water partition coefficient (Wildman–Crippen LogP) is 5.53. The van der Waals surface area contributed by atoms with E-state index in [1.165, 1.54) is 16.7 Å². The third-order valence-electron chi connectivity index (χ3n) is 6.95. The Labute approximate surface area is 195 Å². The highest BCUT2D eigenvalue weighted by molar-refractivity contribution is 5.89. The Morgan fingerprint density at radius 1 is 0.848 bits per heavy atom. The van der Waals surface area contributed by atoms with Crippen LogP contribution in [0.25, 0.3) is 11.0 Å². The van der Waals surface area contributed by atoms with Crippen molar-refractivity contribution >= 4 is 16.9 Å². The van der Waals surface area contributed by atoms with Crippen LogP contribution in [0, 0.1) is 13.8 Å². The second-order valence-corrected chi connectivity index (χ2v) is 8.96. The number of hydrogen-bond donors (Lipinski definition) is 0. The molecular formula is C29H30N2O2. The summed E-state index contributed by atoms with van der Waals surface area (Å²) in [6.45, 7) is 7.34. The topological polar surface area (TPSA) is 36.7 Å². The van der Waals surface area contributed by atoms with E-state index in [9.17, 15) is 4.79 Å². The first kappa shape index (κ1) is 21.5. The maximum Gasteiger partial charge on any atom is 0.227 e. The molecule has 0 atom stereocenters.